The average Bonchev–Trinajstić information content (AvgIpc) is 1.65. The van der Waals surface area contributed by atoms with E-state index in [4.69, 9.17) is 11.6 Å². The highest BCUT2D eigenvalue weighted by atomic mass is 35.5. The number of aliphatic hydroxyl groups is 6. The molecule has 6 saturated carbocycles. The molecule has 0 bridgehead atoms. The first-order chi connectivity index (χ1) is 66.2. The number of hydrogen-bond donors (Lipinski definition) is 12. The molecule has 748 valence electrons. The van der Waals surface area contributed by atoms with Gasteiger partial charge in [-0.2, -0.15) is 0 Å². The second kappa shape index (κ2) is 43.1. The lowest BCUT2D eigenvalue weighted by Gasteiger charge is -2.32. The monoisotopic (exact) mass is 1940 g/mol. The van der Waals surface area contributed by atoms with E-state index in [9.17, 15) is 59.4 Å². The van der Waals surface area contributed by atoms with Crippen LogP contribution in [0.25, 0.3) is 67.0 Å². The van der Waals surface area contributed by atoms with Crippen molar-refractivity contribution >= 4 is 150 Å². The summed E-state index contributed by atoms with van der Waals surface area (Å²) in [5, 5.41) is 78.0. The van der Waals surface area contributed by atoms with Gasteiger partial charge in [-0.3, -0.25) is 93.1 Å². The van der Waals surface area contributed by atoms with Crippen molar-refractivity contribution in [1.29, 1.82) is 0 Å². The summed E-state index contributed by atoms with van der Waals surface area (Å²) in [6, 6.07) is 28.0. The number of carbonyl (C=O) groups is 6. The number of nitrogens with zero attached hydrogens (tertiary/aromatic N) is 19. The summed E-state index contributed by atoms with van der Waals surface area (Å²) in [5.41, 5.74) is 8.16. The van der Waals surface area contributed by atoms with Crippen molar-refractivity contribution in [2.45, 2.75) is 348 Å². The van der Waals surface area contributed by atoms with Crippen LogP contribution >= 0.6 is 11.6 Å². The van der Waals surface area contributed by atoms with Gasteiger partial charge >= 0.3 is 0 Å². The summed E-state index contributed by atoms with van der Waals surface area (Å²) in [7, 11) is 0. The van der Waals surface area contributed by atoms with Crippen LogP contribution in [-0.2, 0) is 34.4 Å². The van der Waals surface area contributed by atoms with Crippen molar-refractivity contribution in [2.75, 3.05) is 31.9 Å². The second-order valence-electron chi connectivity index (χ2n) is 41.2. The van der Waals surface area contributed by atoms with Crippen molar-refractivity contribution in [1.82, 2.24) is 92.2 Å². The van der Waals surface area contributed by atoms with Crippen LogP contribution in [0.15, 0.2) is 97.3 Å². The van der Waals surface area contributed by atoms with E-state index >= 15 is 0 Å². The molecule has 2 atom stereocenters. The molecule has 140 heavy (non-hydrogen) atoms. The smallest absolute Gasteiger partial charge is 0.232 e. The summed E-state index contributed by atoms with van der Waals surface area (Å²) >= 11 is 5.99. The van der Waals surface area contributed by atoms with Gasteiger partial charge in [-0.05, 0) is 310 Å². The van der Waals surface area contributed by atoms with Gasteiger partial charge in [0.2, 0.25) is 71.1 Å². The first kappa shape index (κ1) is 104. The standard InChI is InChI=1S/C20H23N5O2.C19H28N4O2.3C16H22N4O2.C15H19ClN4O2/c1-13-9-10-15-18(22-13)25(14-6-5-7-14)19(23-15)24-17(26)12-20(2,27)16-8-3-4-11-21-16;1-5-19(25,6-2)13(4)17(24)22-18-21-15-11-10-12(3)20-16(15)23(18)14-8-7-9-14;1-10-7-8-17-14-13(10)19-15(20(14)11-5-4-6-11)18-12(21)9-16(2,3)22;2*1-10-7-8-12-14(17-10)20(11-5-4-6-11)15(18-12)19-13(21)9-16(2,3)22;1-15(2,22)8-12(21)19-14-17-10-6-7-11(16)18-13(10)20(14)9-4-3-5-9/h3-4,8-11,14,27H,5-7,12H2,1-2H3,(H,23,24,26);10-11,13-14,25H,5-9H2,1-4H3,(H,21,22,24);3*7-8,11,22H,4-6,9H2,1-3H3,(H,18,19,21);6-7,9,22H,3-5,8H2,1-2H3,(H,17,19,21)/t20-;13-;;;;/m11..../s1. The second-order valence-corrected chi connectivity index (χ2v) is 41.6. The van der Waals surface area contributed by atoms with E-state index in [1.165, 1.54) is 25.7 Å². The quantitative estimate of drug-likeness (QED) is 0.0213. The SMILES string of the molecule is CC(C)(O)CC(=O)Nc1nc2ccc(Cl)nc2n1C1CCC1.CCC(O)(CC)[C@H](C)C(=O)Nc1nc2ccc(C)nc2n1C1CCC1.Cc1ccc2nc(NC(=O)CC(C)(C)O)n(C3CCC3)c2n1.Cc1ccc2nc(NC(=O)CC(C)(C)O)n(C3CCC3)c2n1.Cc1ccc2nc(NC(=O)C[C@@](C)(O)c3ccccn3)n(C3CCC3)c2n1.Cc1ccnc2c1nc(NC(=O)CC(C)(C)O)n2C1CCC1. The number of imidazole rings is 6. The summed E-state index contributed by atoms with van der Waals surface area (Å²) in [6.45, 7) is 29.9. The molecule has 0 radical (unpaired) electrons. The highest BCUT2D eigenvalue weighted by Crippen LogP contribution is 2.44. The highest BCUT2D eigenvalue weighted by Gasteiger charge is 2.39. The summed E-state index contributed by atoms with van der Waals surface area (Å²) in [6.07, 6.45) is 24.3. The topological polar surface area (TPSA) is 493 Å². The predicted octanol–water partition coefficient (Wildman–Crippen LogP) is 17.3. The Hall–Kier alpha value is -12.3. The number of fused-ring (bicyclic) bond motifs is 6. The maximum atomic E-state index is 12.8. The van der Waals surface area contributed by atoms with E-state index in [0.29, 0.717) is 101 Å². The summed E-state index contributed by atoms with van der Waals surface area (Å²) in [5.74, 6) is 1.14. The molecule has 37 nitrogen and oxygen atoms in total. The molecule has 0 saturated heterocycles. The third kappa shape index (κ3) is 25.4. The predicted molar refractivity (Wildman–Crippen MR) is 540 cm³/mol. The van der Waals surface area contributed by atoms with Crippen molar-refractivity contribution in [2.24, 2.45) is 5.92 Å². The van der Waals surface area contributed by atoms with Crippen LogP contribution in [-0.4, -0.2) is 186 Å². The Balaban J connectivity index is 0.000000134. The van der Waals surface area contributed by atoms with Crippen molar-refractivity contribution < 1.29 is 59.4 Å². The number of carbonyl (C=O) groups excluding carboxylic acids is 6. The fourth-order valence-electron chi connectivity index (χ4n) is 17.6. The van der Waals surface area contributed by atoms with E-state index in [0.717, 1.165) is 174 Å². The third-order valence-corrected chi connectivity index (χ3v) is 26.8. The Labute approximate surface area is 819 Å². The maximum Gasteiger partial charge on any atom is 0.232 e. The number of amides is 6. The normalized spacial score (nSPS) is 16.1. The first-order valence-corrected chi connectivity index (χ1v) is 49.4. The Bertz CT molecular complexity index is 6320. The fourth-order valence-corrected chi connectivity index (χ4v) is 17.8. The van der Waals surface area contributed by atoms with Crippen LogP contribution < -0.4 is 31.9 Å². The van der Waals surface area contributed by atoms with Crippen LogP contribution in [0.2, 0.25) is 5.15 Å². The molecule has 6 aliphatic carbocycles. The maximum absolute atomic E-state index is 12.8. The number of aryl methyl sites for hydroxylation is 5. The molecule has 0 unspecified atom stereocenters. The Kier molecular flexibility index (Phi) is 31.9. The molecule has 19 rings (SSSR count). The molecule has 6 fully saturated rings. The minimum absolute atomic E-state index is 0.00898. The number of anilines is 6. The number of halogens is 1. The van der Waals surface area contributed by atoms with E-state index in [1.54, 1.807) is 112 Å². The Morgan fingerprint density at radius 1 is 0.343 bits per heavy atom. The van der Waals surface area contributed by atoms with Crippen molar-refractivity contribution in [3.05, 3.63) is 137 Å². The fraction of sp³-hybridized carbons (Fsp3) is 0.539. The van der Waals surface area contributed by atoms with Crippen LogP contribution in [0, 0.1) is 40.5 Å². The van der Waals surface area contributed by atoms with Gasteiger partial charge in [0.1, 0.15) is 43.9 Å². The highest BCUT2D eigenvalue weighted by molar-refractivity contribution is 6.29. The molecule has 6 aliphatic rings. The zero-order chi connectivity index (χ0) is 101. The number of rotatable bonds is 27. The van der Waals surface area contributed by atoms with E-state index in [1.807, 2.05) is 126 Å². The number of hydrogen-bond acceptors (Lipinski definition) is 25. The van der Waals surface area contributed by atoms with Gasteiger partial charge < -0.3 is 30.6 Å². The summed E-state index contributed by atoms with van der Waals surface area (Å²) < 4.78 is 12.1. The molecule has 0 aliphatic heterocycles. The molecule has 13 aromatic rings. The average molecular weight is 1940 g/mol. The van der Waals surface area contributed by atoms with Gasteiger partial charge in [-0.1, -0.05) is 38.4 Å². The van der Waals surface area contributed by atoms with Gasteiger partial charge in [-0.15, -0.1) is 0 Å². The largest absolute Gasteiger partial charge is 0.390 e. The van der Waals surface area contributed by atoms with E-state index in [2.05, 4.69) is 101 Å². The van der Waals surface area contributed by atoms with Crippen LogP contribution in [0.5, 0.6) is 0 Å². The molecular weight excluding hydrogens is 1800 g/mol. The van der Waals surface area contributed by atoms with Gasteiger partial charge in [0, 0.05) is 71.4 Å². The lowest BCUT2D eigenvalue weighted by Crippen LogP contribution is -2.42. The Morgan fingerprint density at radius 3 is 0.900 bits per heavy atom. The zero-order valence-electron chi connectivity index (χ0n) is 83.5. The zero-order valence-corrected chi connectivity index (χ0v) is 84.2. The lowest BCUT2D eigenvalue weighted by atomic mass is 9.83. The van der Waals surface area contributed by atoms with Gasteiger partial charge in [0.25, 0.3) is 0 Å². The molecule has 12 N–H and O–H groups in total. The molecule has 38 heteroatoms. The van der Waals surface area contributed by atoms with Gasteiger partial charge in [0.05, 0.1) is 71.7 Å². The van der Waals surface area contributed by atoms with Gasteiger partial charge in [0.15, 0.2) is 33.9 Å². The van der Waals surface area contributed by atoms with Crippen molar-refractivity contribution in [3.8, 4) is 0 Å². The molecule has 0 spiro atoms. The lowest BCUT2D eigenvalue weighted by molar-refractivity contribution is -0.129. The van der Waals surface area contributed by atoms with E-state index in [-0.39, 0.29) is 73.6 Å². The Morgan fingerprint density at radius 2 is 0.621 bits per heavy atom. The van der Waals surface area contributed by atoms with Crippen LogP contribution in [0.1, 0.15) is 314 Å². The molecular formula is C102H136ClN25O12. The van der Waals surface area contributed by atoms with Crippen LogP contribution in [0.3, 0.4) is 0 Å². The van der Waals surface area contributed by atoms with Crippen LogP contribution in [0.4, 0.5) is 35.7 Å². The first-order valence-electron chi connectivity index (χ1n) is 49.0. The molecule has 0 aromatic carbocycles. The summed E-state index contributed by atoms with van der Waals surface area (Å²) in [4.78, 5) is 132. The number of nitrogens with one attached hydrogen (secondary N) is 6. The van der Waals surface area contributed by atoms with Crippen molar-refractivity contribution in [3.63, 3.8) is 0 Å². The minimum atomic E-state index is -1.35. The minimum Gasteiger partial charge on any atom is -0.390 e. The number of aromatic nitrogens is 19. The third-order valence-electron chi connectivity index (χ3n) is 26.6. The van der Waals surface area contributed by atoms with Gasteiger partial charge in [-0.25, -0.2) is 59.8 Å². The van der Waals surface area contributed by atoms with E-state index < -0.39 is 39.5 Å². The molecule has 13 heterocycles. The number of pyridine rings is 7. The molecule has 6 amide bonds. The molecule has 13 aromatic heterocycles.